The normalized spacial score (nSPS) is 13.4. The van der Waals surface area contributed by atoms with Crippen LogP contribution < -0.4 is 16.4 Å². The summed E-state index contributed by atoms with van der Waals surface area (Å²) in [6.45, 7) is 0. The molecule has 0 spiro atoms. The molecule has 0 fully saturated rings. The van der Waals surface area contributed by atoms with E-state index in [2.05, 4.69) is 10.6 Å². The van der Waals surface area contributed by atoms with E-state index < -0.39 is 35.9 Å². The van der Waals surface area contributed by atoms with Crippen molar-refractivity contribution in [3.63, 3.8) is 0 Å². The van der Waals surface area contributed by atoms with Gasteiger partial charge in [-0.1, -0.05) is 78.9 Å². The first-order chi connectivity index (χ1) is 16.0. The number of rotatable bonds is 10. The fourth-order valence-corrected chi connectivity index (χ4v) is 3.47. The molecule has 3 aromatic carbocycles. The number of benzene rings is 3. The Morgan fingerprint density at radius 2 is 1.33 bits per heavy atom. The van der Waals surface area contributed by atoms with Gasteiger partial charge in [-0.2, -0.15) is 0 Å². The molecule has 0 aromatic heterocycles. The number of hydrogen-bond acceptors (Lipinski definition) is 4. The maximum Gasteiger partial charge on any atom is 0.252 e. The fourth-order valence-electron chi connectivity index (χ4n) is 3.47. The Labute approximate surface area is 192 Å². The molecule has 170 valence electrons. The van der Waals surface area contributed by atoms with Crippen LogP contribution in [0.3, 0.4) is 0 Å². The quantitative estimate of drug-likeness (QED) is 0.382. The molecule has 7 nitrogen and oxygen atoms in total. The van der Waals surface area contributed by atoms with Crippen LogP contribution in [0.25, 0.3) is 0 Å². The van der Waals surface area contributed by atoms with Crippen molar-refractivity contribution >= 4 is 17.7 Å². The Morgan fingerprint density at radius 3 is 1.91 bits per heavy atom. The summed E-state index contributed by atoms with van der Waals surface area (Å²) in [5.74, 6) is -1.93. The highest BCUT2D eigenvalue weighted by Crippen LogP contribution is 2.19. The second kappa shape index (κ2) is 11.6. The highest BCUT2D eigenvalue weighted by atomic mass is 16.3. The van der Waals surface area contributed by atoms with Crippen LogP contribution in [0, 0.1) is 0 Å². The van der Waals surface area contributed by atoms with Crippen molar-refractivity contribution < 1.29 is 19.5 Å². The molecule has 3 rings (SSSR count). The van der Waals surface area contributed by atoms with Gasteiger partial charge in [0.2, 0.25) is 5.91 Å². The third-order valence-electron chi connectivity index (χ3n) is 5.29. The van der Waals surface area contributed by atoms with E-state index in [1.807, 2.05) is 30.3 Å². The van der Waals surface area contributed by atoms with Gasteiger partial charge in [0.05, 0.1) is 6.04 Å². The second-order valence-corrected chi connectivity index (χ2v) is 7.66. The predicted octanol–water partition coefficient (Wildman–Crippen LogP) is 2.12. The number of aliphatic hydroxyl groups is 1. The van der Waals surface area contributed by atoms with E-state index in [0.717, 1.165) is 5.56 Å². The van der Waals surface area contributed by atoms with E-state index in [-0.39, 0.29) is 6.42 Å². The number of carbonyl (C=O) groups excluding carboxylic acids is 3. The van der Waals surface area contributed by atoms with Crippen LogP contribution in [0.2, 0.25) is 0 Å². The van der Waals surface area contributed by atoms with Crippen molar-refractivity contribution in [2.75, 3.05) is 0 Å². The number of hydrogen-bond donors (Lipinski definition) is 4. The molecule has 3 atom stereocenters. The summed E-state index contributed by atoms with van der Waals surface area (Å²) in [6.07, 6.45) is -0.833. The van der Waals surface area contributed by atoms with Gasteiger partial charge in [-0.15, -0.1) is 0 Å². The van der Waals surface area contributed by atoms with Gasteiger partial charge in [-0.05, 0) is 36.1 Å². The number of carbonyl (C=O) groups is 3. The lowest BCUT2D eigenvalue weighted by Gasteiger charge is -2.26. The Balaban J connectivity index is 1.73. The molecule has 33 heavy (non-hydrogen) atoms. The first kappa shape index (κ1) is 23.7. The van der Waals surface area contributed by atoms with Crippen molar-refractivity contribution in [1.82, 2.24) is 10.6 Å². The maximum absolute atomic E-state index is 12.9. The minimum Gasteiger partial charge on any atom is -0.381 e. The molecular formula is C26H27N3O4. The largest absolute Gasteiger partial charge is 0.381 e. The fraction of sp³-hybridized carbons (Fsp3) is 0.192. The smallest absolute Gasteiger partial charge is 0.252 e. The summed E-state index contributed by atoms with van der Waals surface area (Å²) in [5.41, 5.74) is 7.42. The third kappa shape index (κ3) is 6.75. The van der Waals surface area contributed by atoms with Crippen molar-refractivity contribution in [2.45, 2.75) is 31.0 Å². The zero-order valence-corrected chi connectivity index (χ0v) is 18.1. The lowest BCUT2D eigenvalue weighted by atomic mass is 9.99. The molecule has 7 heteroatoms. The van der Waals surface area contributed by atoms with Crippen LogP contribution in [-0.4, -0.2) is 35.0 Å². The van der Waals surface area contributed by atoms with E-state index in [1.165, 1.54) is 0 Å². The Bertz CT molecular complexity index is 1060. The maximum atomic E-state index is 12.9. The zero-order chi connectivity index (χ0) is 23.6. The molecule has 5 N–H and O–H groups in total. The standard InChI is InChI=1S/C26H27N3O4/c27-24(31)21(17-16-18-10-4-1-5-11-18)28-26(33)23(30)22(19-12-6-2-7-13-19)29-25(32)20-14-8-3-9-15-20/h1-15,21-23,30H,16-17H2,(H2,27,31)(H,28,33)(H,29,32)/t21-,22-,23+/m0/s1. The predicted molar refractivity (Wildman–Crippen MR) is 125 cm³/mol. The molecular weight excluding hydrogens is 418 g/mol. The molecule has 3 amide bonds. The highest BCUT2D eigenvalue weighted by Gasteiger charge is 2.31. The van der Waals surface area contributed by atoms with E-state index in [9.17, 15) is 19.5 Å². The lowest BCUT2D eigenvalue weighted by Crippen LogP contribution is -2.51. The summed E-state index contributed by atoms with van der Waals surface area (Å²) >= 11 is 0. The van der Waals surface area contributed by atoms with Crippen LogP contribution in [0.5, 0.6) is 0 Å². The molecule has 0 aliphatic carbocycles. The van der Waals surface area contributed by atoms with Crippen molar-refractivity contribution in [3.8, 4) is 0 Å². The molecule has 0 unspecified atom stereocenters. The lowest BCUT2D eigenvalue weighted by molar-refractivity contribution is -0.134. The number of primary amides is 1. The summed E-state index contributed by atoms with van der Waals surface area (Å²) < 4.78 is 0. The minimum atomic E-state index is -1.64. The number of aliphatic hydroxyl groups excluding tert-OH is 1. The molecule has 3 aromatic rings. The van der Waals surface area contributed by atoms with Gasteiger partial charge >= 0.3 is 0 Å². The number of amides is 3. The first-order valence-electron chi connectivity index (χ1n) is 10.7. The topological polar surface area (TPSA) is 122 Å². The van der Waals surface area contributed by atoms with Crippen LogP contribution in [0.15, 0.2) is 91.0 Å². The average molecular weight is 446 g/mol. The van der Waals surface area contributed by atoms with Gasteiger partial charge < -0.3 is 21.5 Å². The highest BCUT2D eigenvalue weighted by molar-refractivity contribution is 5.95. The third-order valence-corrected chi connectivity index (χ3v) is 5.29. The second-order valence-electron chi connectivity index (χ2n) is 7.66. The van der Waals surface area contributed by atoms with Crippen LogP contribution >= 0.6 is 0 Å². The van der Waals surface area contributed by atoms with Crippen LogP contribution in [0.1, 0.15) is 33.9 Å². The van der Waals surface area contributed by atoms with Crippen LogP contribution in [0.4, 0.5) is 0 Å². The summed E-state index contributed by atoms with van der Waals surface area (Å²) in [4.78, 5) is 37.5. The summed E-state index contributed by atoms with van der Waals surface area (Å²) in [6, 6.07) is 24.7. The van der Waals surface area contributed by atoms with Gasteiger partial charge in [0.1, 0.15) is 6.04 Å². The summed E-state index contributed by atoms with van der Waals surface area (Å²) in [7, 11) is 0. The van der Waals surface area contributed by atoms with Gasteiger partial charge in [-0.25, -0.2) is 0 Å². The van der Waals surface area contributed by atoms with Crippen LogP contribution in [-0.2, 0) is 16.0 Å². The Hall–Kier alpha value is -3.97. The zero-order valence-electron chi connectivity index (χ0n) is 18.1. The monoisotopic (exact) mass is 445 g/mol. The van der Waals surface area contributed by atoms with Crippen molar-refractivity contribution in [3.05, 3.63) is 108 Å². The molecule has 0 aliphatic heterocycles. The first-order valence-corrected chi connectivity index (χ1v) is 10.7. The van der Waals surface area contributed by atoms with Gasteiger partial charge in [-0.3, -0.25) is 14.4 Å². The minimum absolute atomic E-state index is 0.282. The molecule has 0 heterocycles. The number of aryl methyl sites for hydroxylation is 1. The molecule has 0 aliphatic rings. The van der Waals surface area contributed by atoms with Gasteiger partial charge in [0, 0.05) is 5.56 Å². The Morgan fingerprint density at radius 1 is 0.788 bits per heavy atom. The summed E-state index contributed by atoms with van der Waals surface area (Å²) in [5, 5.41) is 16.1. The van der Waals surface area contributed by atoms with E-state index in [0.29, 0.717) is 17.5 Å². The number of nitrogens with two attached hydrogens (primary N) is 1. The van der Waals surface area contributed by atoms with Gasteiger partial charge in [0.25, 0.3) is 11.8 Å². The molecule has 0 saturated heterocycles. The van der Waals surface area contributed by atoms with Crippen molar-refractivity contribution in [1.29, 1.82) is 0 Å². The number of nitrogens with one attached hydrogen (secondary N) is 2. The SMILES string of the molecule is NC(=O)[C@H](CCc1ccccc1)NC(=O)[C@H](O)[C@@H](NC(=O)c1ccccc1)c1ccccc1. The average Bonchev–Trinajstić information content (AvgIpc) is 2.85. The Kier molecular flexibility index (Phi) is 8.32. The van der Waals surface area contributed by atoms with E-state index in [4.69, 9.17) is 5.73 Å². The van der Waals surface area contributed by atoms with E-state index in [1.54, 1.807) is 60.7 Å². The molecule has 0 radical (unpaired) electrons. The van der Waals surface area contributed by atoms with E-state index >= 15 is 0 Å². The molecule has 0 saturated carbocycles. The van der Waals surface area contributed by atoms with Crippen molar-refractivity contribution in [2.24, 2.45) is 5.73 Å². The van der Waals surface area contributed by atoms with Gasteiger partial charge in [0.15, 0.2) is 6.10 Å². The molecule has 0 bridgehead atoms.